The zero-order valence-electron chi connectivity index (χ0n) is 13.5. The first-order valence-corrected chi connectivity index (χ1v) is 8.87. The van der Waals surface area contributed by atoms with E-state index in [0.717, 1.165) is 33.2 Å². The van der Waals surface area contributed by atoms with Crippen LogP contribution in [-0.4, -0.2) is 10.9 Å². The number of rotatable bonds is 4. The molecule has 1 aromatic heterocycles. The van der Waals surface area contributed by atoms with Crippen LogP contribution in [0.4, 0.5) is 15.2 Å². The lowest BCUT2D eigenvalue weighted by Gasteiger charge is -2.04. The van der Waals surface area contributed by atoms with Crippen LogP contribution in [0.1, 0.15) is 24.0 Å². The third-order valence-electron chi connectivity index (χ3n) is 4.33. The van der Waals surface area contributed by atoms with Gasteiger partial charge < -0.3 is 10.6 Å². The van der Waals surface area contributed by atoms with E-state index in [0.29, 0.717) is 6.54 Å². The summed E-state index contributed by atoms with van der Waals surface area (Å²) in [5.74, 6) is -0.337. The Morgan fingerprint density at radius 2 is 2.04 bits per heavy atom. The van der Waals surface area contributed by atoms with E-state index in [1.54, 1.807) is 12.1 Å². The Labute approximate surface area is 148 Å². The number of benzene rings is 2. The van der Waals surface area contributed by atoms with E-state index in [1.807, 2.05) is 30.5 Å². The Bertz CT molecular complexity index is 936. The summed E-state index contributed by atoms with van der Waals surface area (Å²) in [5, 5.41) is 8.93. The topological polar surface area (TPSA) is 54.0 Å². The van der Waals surface area contributed by atoms with Crippen LogP contribution in [0.2, 0.25) is 0 Å². The molecule has 2 aromatic carbocycles. The van der Waals surface area contributed by atoms with Crippen molar-refractivity contribution in [2.24, 2.45) is 0 Å². The van der Waals surface area contributed by atoms with E-state index in [9.17, 15) is 9.18 Å². The highest BCUT2D eigenvalue weighted by Crippen LogP contribution is 2.36. The predicted octanol–water partition coefficient (Wildman–Crippen LogP) is 4.62. The van der Waals surface area contributed by atoms with Crippen LogP contribution >= 0.6 is 11.3 Å². The summed E-state index contributed by atoms with van der Waals surface area (Å²) in [4.78, 5) is 16.4. The van der Waals surface area contributed by atoms with Crippen molar-refractivity contribution < 1.29 is 9.18 Å². The number of anilines is 2. The molecule has 1 amide bonds. The number of nitrogens with one attached hydrogen (secondary N) is 2. The van der Waals surface area contributed by atoms with Crippen LogP contribution in [0.3, 0.4) is 0 Å². The molecule has 126 valence electrons. The first-order chi connectivity index (χ1) is 12.1. The van der Waals surface area contributed by atoms with Gasteiger partial charge in [0, 0.05) is 23.2 Å². The summed E-state index contributed by atoms with van der Waals surface area (Å²) in [6.07, 6.45) is 0. The molecule has 0 saturated heterocycles. The molecule has 0 fully saturated rings. The molecule has 4 rings (SSSR count). The van der Waals surface area contributed by atoms with Gasteiger partial charge in [0.05, 0.1) is 11.6 Å². The molecule has 2 heterocycles. The van der Waals surface area contributed by atoms with Crippen molar-refractivity contribution in [1.82, 2.24) is 4.98 Å². The Hall–Kier alpha value is -2.73. The van der Waals surface area contributed by atoms with Gasteiger partial charge in [0.1, 0.15) is 5.82 Å². The van der Waals surface area contributed by atoms with Crippen molar-refractivity contribution in [2.75, 3.05) is 10.6 Å². The standard InChI is InChI=1S/C19H16FN3OS/c1-11-15-8-13(4-7-16(15)22-18(11)24)17-10-25-19(23-17)21-9-12-2-5-14(20)6-3-12/h2-8,10-11H,9H2,1H3,(H,21,23)(H,22,24)/t11-/m1/s1. The van der Waals surface area contributed by atoms with Crippen molar-refractivity contribution in [1.29, 1.82) is 0 Å². The molecule has 0 bridgehead atoms. The maximum atomic E-state index is 12.9. The van der Waals surface area contributed by atoms with Gasteiger partial charge in [-0.1, -0.05) is 18.2 Å². The lowest BCUT2D eigenvalue weighted by molar-refractivity contribution is -0.116. The van der Waals surface area contributed by atoms with Gasteiger partial charge in [0.2, 0.25) is 5.91 Å². The van der Waals surface area contributed by atoms with Crippen molar-refractivity contribution in [2.45, 2.75) is 19.4 Å². The summed E-state index contributed by atoms with van der Waals surface area (Å²) in [7, 11) is 0. The highest BCUT2D eigenvalue weighted by atomic mass is 32.1. The number of halogens is 1. The van der Waals surface area contributed by atoms with Crippen LogP contribution in [0.5, 0.6) is 0 Å². The zero-order chi connectivity index (χ0) is 17.4. The van der Waals surface area contributed by atoms with Crippen LogP contribution < -0.4 is 10.6 Å². The first-order valence-electron chi connectivity index (χ1n) is 7.99. The largest absolute Gasteiger partial charge is 0.357 e. The zero-order valence-corrected chi connectivity index (χ0v) is 14.4. The molecule has 3 aromatic rings. The van der Waals surface area contributed by atoms with Gasteiger partial charge in [-0.25, -0.2) is 9.37 Å². The van der Waals surface area contributed by atoms with Crippen molar-refractivity contribution in [3.8, 4) is 11.3 Å². The van der Waals surface area contributed by atoms with Crippen LogP contribution in [0.15, 0.2) is 47.8 Å². The van der Waals surface area contributed by atoms with Gasteiger partial charge in [-0.2, -0.15) is 0 Å². The molecular weight excluding hydrogens is 337 g/mol. The molecule has 0 radical (unpaired) electrons. The maximum Gasteiger partial charge on any atom is 0.231 e. The highest BCUT2D eigenvalue weighted by Gasteiger charge is 2.26. The van der Waals surface area contributed by atoms with Gasteiger partial charge in [-0.15, -0.1) is 11.3 Å². The van der Waals surface area contributed by atoms with E-state index in [1.165, 1.54) is 23.5 Å². The fraction of sp³-hybridized carbons (Fsp3) is 0.158. The van der Waals surface area contributed by atoms with Crippen molar-refractivity contribution in [3.05, 3.63) is 64.8 Å². The molecule has 1 atom stereocenters. The third kappa shape index (κ3) is 3.13. The lowest BCUT2D eigenvalue weighted by atomic mass is 10.00. The number of thiazole rings is 1. The van der Waals surface area contributed by atoms with E-state index in [2.05, 4.69) is 15.6 Å². The van der Waals surface area contributed by atoms with Gasteiger partial charge in [-0.05, 0) is 42.3 Å². The normalized spacial score (nSPS) is 15.8. The summed E-state index contributed by atoms with van der Waals surface area (Å²) >= 11 is 1.52. The summed E-state index contributed by atoms with van der Waals surface area (Å²) < 4.78 is 12.9. The van der Waals surface area contributed by atoms with Gasteiger partial charge >= 0.3 is 0 Å². The monoisotopic (exact) mass is 353 g/mol. The van der Waals surface area contributed by atoms with E-state index in [-0.39, 0.29) is 17.6 Å². The van der Waals surface area contributed by atoms with Gasteiger partial charge in [0.15, 0.2) is 5.13 Å². The molecule has 0 unspecified atom stereocenters. The maximum absolute atomic E-state index is 12.9. The molecule has 0 spiro atoms. The second-order valence-corrected chi connectivity index (χ2v) is 6.89. The van der Waals surface area contributed by atoms with Crippen molar-refractivity contribution in [3.63, 3.8) is 0 Å². The second-order valence-electron chi connectivity index (χ2n) is 6.03. The molecular formula is C19H16FN3OS. The first kappa shape index (κ1) is 15.8. The fourth-order valence-electron chi connectivity index (χ4n) is 2.84. The van der Waals surface area contributed by atoms with Gasteiger partial charge in [0.25, 0.3) is 0 Å². The number of hydrogen-bond donors (Lipinski definition) is 2. The Kier molecular flexibility index (Phi) is 3.97. The lowest BCUT2D eigenvalue weighted by Crippen LogP contribution is -2.08. The minimum absolute atomic E-state index is 0.0343. The number of nitrogens with zero attached hydrogens (tertiary/aromatic N) is 1. The van der Waals surface area contributed by atoms with Crippen LogP contribution in [0.25, 0.3) is 11.3 Å². The highest BCUT2D eigenvalue weighted by molar-refractivity contribution is 7.14. The SMILES string of the molecule is C[C@H]1C(=O)Nc2ccc(-c3csc(NCc4ccc(F)cc4)n3)cc21. The number of hydrogen-bond acceptors (Lipinski definition) is 4. The average Bonchev–Trinajstić information content (AvgIpc) is 3.20. The number of aromatic nitrogens is 1. The smallest absolute Gasteiger partial charge is 0.231 e. The third-order valence-corrected chi connectivity index (χ3v) is 5.13. The molecule has 1 aliphatic heterocycles. The minimum Gasteiger partial charge on any atom is -0.357 e. The number of fused-ring (bicyclic) bond motifs is 1. The molecule has 0 saturated carbocycles. The molecule has 4 nitrogen and oxygen atoms in total. The summed E-state index contributed by atoms with van der Waals surface area (Å²) in [6, 6.07) is 12.3. The Morgan fingerprint density at radius 1 is 1.24 bits per heavy atom. The Balaban J connectivity index is 1.50. The predicted molar refractivity (Wildman–Crippen MR) is 98.3 cm³/mol. The number of amides is 1. The van der Waals surface area contributed by atoms with E-state index < -0.39 is 0 Å². The minimum atomic E-state index is -0.237. The number of carbonyl (C=O) groups is 1. The molecule has 1 aliphatic rings. The summed E-state index contributed by atoms with van der Waals surface area (Å²) in [5.41, 5.74) is 4.76. The van der Waals surface area contributed by atoms with Gasteiger partial charge in [-0.3, -0.25) is 4.79 Å². The van der Waals surface area contributed by atoms with Crippen LogP contribution in [0, 0.1) is 5.82 Å². The Morgan fingerprint density at radius 3 is 2.84 bits per heavy atom. The van der Waals surface area contributed by atoms with Crippen LogP contribution in [-0.2, 0) is 11.3 Å². The quantitative estimate of drug-likeness (QED) is 0.720. The molecule has 0 aliphatic carbocycles. The molecule has 6 heteroatoms. The summed E-state index contributed by atoms with van der Waals surface area (Å²) in [6.45, 7) is 2.49. The average molecular weight is 353 g/mol. The molecule has 25 heavy (non-hydrogen) atoms. The number of carbonyl (C=O) groups excluding carboxylic acids is 1. The molecule has 2 N–H and O–H groups in total. The van der Waals surface area contributed by atoms with Crippen molar-refractivity contribution >= 4 is 28.1 Å². The second kappa shape index (κ2) is 6.29. The van der Waals surface area contributed by atoms with E-state index >= 15 is 0 Å². The fourth-order valence-corrected chi connectivity index (χ4v) is 3.56. The van der Waals surface area contributed by atoms with E-state index in [4.69, 9.17) is 0 Å².